The summed E-state index contributed by atoms with van der Waals surface area (Å²) < 4.78 is 7.48. The molecule has 0 radical (unpaired) electrons. The van der Waals surface area contributed by atoms with E-state index in [9.17, 15) is 4.79 Å². The van der Waals surface area contributed by atoms with E-state index in [1.54, 1.807) is 6.26 Å². The first kappa shape index (κ1) is 16.5. The van der Waals surface area contributed by atoms with Gasteiger partial charge >= 0.3 is 0 Å². The Morgan fingerprint density at radius 1 is 1.28 bits per heavy atom. The van der Waals surface area contributed by atoms with Crippen molar-refractivity contribution in [1.82, 2.24) is 14.5 Å². The standard InChI is InChI=1S/C18H19N3O2S2/c1-13-16(25-18(19-13)21-7-2-3-8-21)17(22)20-9-6-15(24-12-10-20)14-5-4-11-23-14/h2-5,7-8,11,15H,6,9-10,12H2,1H3/t15-/m0/s1. The van der Waals surface area contributed by atoms with Crippen LogP contribution in [0.2, 0.25) is 0 Å². The quantitative estimate of drug-likeness (QED) is 0.692. The topological polar surface area (TPSA) is 51.3 Å². The lowest BCUT2D eigenvalue weighted by Gasteiger charge is -2.19. The fraction of sp³-hybridized carbons (Fsp3) is 0.333. The molecule has 4 heterocycles. The van der Waals surface area contributed by atoms with Crippen molar-refractivity contribution in [3.63, 3.8) is 0 Å². The van der Waals surface area contributed by atoms with Crippen LogP contribution in [0.1, 0.15) is 32.8 Å². The minimum atomic E-state index is 0.0918. The van der Waals surface area contributed by atoms with Crippen molar-refractivity contribution < 1.29 is 9.21 Å². The molecule has 3 aromatic rings. The Hall–Kier alpha value is -1.99. The number of furan rings is 1. The Morgan fingerprint density at radius 3 is 2.88 bits per heavy atom. The maximum atomic E-state index is 13.0. The van der Waals surface area contributed by atoms with Gasteiger partial charge in [0.1, 0.15) is 10.6 Å². The second-order valence-corrected chi connectivity index (χ2v) is 8.25. The van der Waals surface area contributed by atoms with Gasteiger partial charge in [0.25, 0.3) is 5.91 Å². The van der Waals surface area contributed by atoms with Gasteiger partial charge in [-0.3, -0.25) is 4.79 Å². The molecule has 1 aliphatic heterocycles. The third-order valence-corrected chi connectivity index (χ3v) is 6.74. The Kier molecular flexibility index (Phi) is 4.67. The van der Waals surface area contributed by atoms with Gasteiger partial charge in [0.2, 0.25) is 0 Å². The molecule has 1 atom stereocenters. The van der Waals surface area contributed by atoms with Gasteiger partial charge in [0, 0.05) is 31.2 Å². The van der Waals surface area contributed by atoms with E-state index < -0.39 is 0 Å². The predicted octanol–water partition coefficient (Wildman–Crippen LogP) is 4.16. The van der Waals surface area contributed by atoms with Crippen LogP contribution in [-0.4, -0.2) is 39.2 Å². The van der Waals surface area contributed by atoms with Crippen LogP contribution < -0.4 is 0 Å². The van der Waals surface area contributed by atoms with Crippen LogP contribution in [0.3, 0.4) is 0 Å². The Morgan fingerprint density at radius 2 is 2.12 bits per heavy atom. The largest absolute Gasteiger partial charge is 0.468 e. The molecule has 0 aromatic carbocycles. The molecule has 7 heteroatoms. The minimum absolute atomic E-state index is 0.0918. The lowest BCUT2D eigenvalue weighted by molar-refractivity contribution is 0.0770. The lowest BCUT2D eigenvalue weighted by Crippen LogP contribution is -2.32. The van der Waals surface area contributed by atoms with Gasteiger partial charge in [-0.15, -0.1) is 11.8 Å². The number of carbonyl (C=O) groups is 1. The third kappa shape index (κ3) is 3.39. The van der Waals surface area contributed by atoms with Gasteiger partial charge in [0.05, 0.1) is 17.2 Å². The van der Waals surface area contributed by atoms with Crippen molar-refractivity contribution in [3.8, 4) is 5.13 Å². The molecule has 0 saturated carbocycles. The van der Waals surface area contributed by atoms with E-state index in [1.807, 2.05) is 64.8 Å². The normalized spacial score (nSPS) is 18.3. The molecule has 1 fully saturated rings. The van der Waals surface area contributed by atoms with Gasteiger partial charge in [0.15, 0.2) is 5.13 Å². The number of carbonyl (C=O) groups excluding carboxylic acids is 1. The number of hydrogen-bond donors (Lipinski definition) is 0. The van der Waals surface area contributed by atoms with Crippen LogP contribution in [0.25, 0.3) is 5.13 Å². The van der Waals surface area contributed by atoms with Gasteiger partial charge in [-0.25, -0.2) is 4.98 Å². The van der Waals surface area contributed by atoms with Crippen LogP contribution in [0.15, 0.2) is 47.3 Å². The molecule has 1 aliphatic rings. The molecular weight excluding hydrogens is 354 g/mol. The summed E-state index contributed by atoms with van der Waals surface area (Å²) in [6.45, 7) is 3.42. The number of aromatic nitrogens is 2. The number of nitrogens with zero attached hydrogens (tertiary/aromatic N) is 3. The maximum absolute atomic E-state index is 13.0. The fourth-order valence-electron chi connectivity index (χ4n) is 2.97. The minimum Gasteiger partial charge on any atom is -0.468 e. The highest BCUT2D eigenvalue weighted by molar-refractivity contribution is 7.99. The van der Waals surface area contributed by atoms with Crippen LogP contribution in [0, 0.1) is 6.92 Å². The monoisotopic (exact) mass is 373 g/mol. The molecular formula is C18H19N3O2S2. The van der Waals surface area contributed by atoms with Crippen molar-refractivity contribution in [1.29, 1.82) is 0 Å². The van der Waals surface area contributed by atoms with E-state index >= 15 is 0 Å². The van der Waals surface area contributed by atoms with E-state index in [2.05, 4.69) is 4.98 Å². The highest BCUT2D eigenvalue weighted by atomic mass is 32.2. The molecule has 0 aliphatic carbocycles. The SMILES string of the molecule is Cc1nc(-n2cccc2)sc1C(=O)N1CCS[C@H](c2ccco2)CC1. The molecule has 1 saturated heterocycles. The van der Waals surface area contributed by atoms with Crippen molar-refractivity contribution in [2.75, 3.05) is 18.8 Å². The molecule has 0 unspecified atom stereocenters. The molecule has 0 spiro atoms. The molecule has 5 nitrogen and oxygen atoms in total. The molecule has 3 aromatic heterocycles. The van der Waals surface area contributed by atoms with Gasteiger partial charge < -0.3 is 13.9 Å². The first-order valence-corrected chi connectivity index (χ1v) is 10.1. The first-order valence-electron chi connectivity index (χ1n) is 8.27. The van der Waals surface area contributed by atoms with Gasteiger partial charge in [-0.05, 0) is 37.6 Å². The summed E-state index contributed by atoms with van der Waals surface area (Å²) in [5.41, 5.74) is 0.804. The summed E-state index contributed by atoms with van der Waals surface area (Å²) in [5, 5.41) is 1.16. The predicted molar refractivity (Wildman–Crippen MR) is 101 cm³/mol. The van der Waals surface area contributed by atoms with E-state index in [0.717, 1.165) is 46.7 Å². The number of thioether (sulfide) groups is 1. The number of thiazole rings is 1. The number of hydrogen-bond acceptors (Lipinski definition) is 5. The summed E-state index contributed by atoms with van der Waals surface area (Å²) in [6, 6.07) is 7.86. The average Bonchev–Trinajstić information content (AvgIpc) is 3.34. The summed E-state index contributed by atoms with van der Waals surface area (Å²) in [7, 11) is 0. The summed E-state index contributed by atoms with van der Waals surface area (Å²) in [4.78, 5) is 20.3. The van der Waals surface area contributed by atoms with Crippen molar-refractivity contribution in [2.45, 2.75) is 18.6 Å². The maximum Gasteiger partial charge on any atom is 0.265 e. The fourth-order valence-corrected chi connectivity index (χ4v) is 5.15. The van der Waals surface area contributed by atoms with E-state index in [1.165, 1.54) is 11.3 Å². The van der Waals surface area contributed by atoms with E-state index in [0.29, 0.717) is 5.25 Å². The Bertz CT molecular complexity index is 840. The number of rotatable bonds is 3. The molecule has 0 bridgehead atoms. The Balaban J connectivity index is 1.49. The molecule has 1 amide bonds. The second-order valence-electron chi connectivity index (χ2n) is 5.96. The van der Waals surface area contributed by atoms with Crippen molar-refractivity contribution >= 4 is 29.0 Å². The van der Waals surface area contributed by atoms with E-state index in [-0.39, 0.29) is 5.91 Å². The van der Waals surface area contributed by atoms with Crippen LogP contribution in [0.4, 0.5) is 0 Å². The molecule has 0 N–H and O–H groups in total. The average molecular weight is 374 g/mol. The van der Waals surface area contributed by atoms with Crippen molar-refractivity contribution in [3.05, 3.63) is 59.3 Å². The number of aryl methyl sites for hydroxylation is 1. The van der Waals surface area contributed by atoms with Gasteiger partial charge in [-0.2, -0.15) is 0 Å². The summed E-state index contributed by atoms with van der Waals surface area (Å²) in [5.74, 6) is 2.01. The lowest BCUT2D eigenvalue weighted by atomic mass is 10.2. The van der Waals surface area contributed by atoms with Crippen molar-refractivity contribution in [2.24, 2.45) is 0 Å². The zero-order valence-electron chi connectivity index (χ0n) is 13.9. The summed E-state index contributed by atoms with van der Waals surface area (Å²) in [6.07, 6.45) is 6.52. The smallest absolute Gasteiger partial charge is 0.265 e. The zero-order chi connectivity index (χ0) is 17.2. The highest BCUT2D eigenvalue weighted by Crippen LogP contribution is 2.35. The zero-order valence-corrected chi connectivity index (χ0v) is 15.6. The van der Waals surface area contributed by atoms with Crippen LogP contribution in [0.5, 0.6) is 0 Å². The van der Waals surface area contributed by atoms with Gasteiger partial charge in [-0.1, -0.05) is 11.3 Å². The number of amides is 1. The first-order chi connectivity index (χ1) is 12.2. The second kappa shape index (κ2) is 7.09. The highest BCUT2D eigenvalue weighted by Gasteiger charge is 2.26. The van der Waals surface area contributed by atoms with E-state index in [4.69, 9.17) is 4.42 Å². The van der Waals surface area contributed by atoms with Crippen LogP contribution in [-0.2, 0) is 0 Å². The third-order valence-electron chi connectivity index (χ3n) is 4.29. The molecule has 25 heavy (non-hydrogen) atoms. The molecule has 130 valence electrons. The Labute approximate surface area is 154 Å². The summed E-state index contributed by atoms with van der Waals surface area (Å²) >= 11 is 3.32. The van der Waals surface area contributed by atoms with Crippen LogP contribution >= 0.6 is 23.1 Å². The molecule has 4 rings (SSSR count).